The maximum absolute atomic E-state index is 10.7. The van der Waals surface area contributed by atoms with Crippen molar-refractivity contribution < 1.29 is 14.9 Å². The molecule has 1 saturated heterocycles. The van der Waals surface area contributed by atoms with Crippen LogP contribution >= 0.6 is 0 Å². The fraction of sp³-hybridized carbons (Fsp3) is 0.400. The molecule has 4 atom stereocenters. The van der Waals surface area contributed by atoms with Crippen LogP contribution in [0.1, 0.15) is 29.2 Å². The van der Waals surface area contributed by atoms with Gasteiger partial charge in [0.05, 0.1) is 18.8 Å². The third-order valence-electron chi connectivity index (χ3n) is 5.19. The lowest BCUT2D eigenvalue weighted by atomic mass is 9.84. The summed E-state index contributed by atoms with van der Waals surface area (Å²) in [6.07, 6.45) is -0.524. The number of nitrogens with zero attached hydrogens (tertiary/aromatic N) is 1. The first-order valence-electron chi connectivity index (χ1n) is 8.53. The molecule has 24 heavy (non-hydrogen) atoms. The molecule has 1 fully saturated rings. The van der Waals surface area contributed by atoms with Gasteiger partial charge in [-0.25, -0.2) is 0 Å². The van der Waals surface area contributed by atoms with Crippen LogP contribution in [0, 0.1) is 6.92 Å². The zero-order valence-electron chi connectivity index (χ0n) is 13.8. The summed E-state index contributed by atoms with van der Waals surface area (Å²) in [5.41, 5.74) is 4.69. The third kappa shape index (κ3) is 2.61. The van der Waals surface area contributed by atoms with E-state index in [1.54, 1.807) is 0 Å². The molecule has 0 amide bonds. The molecule has 2 aromatic carbocycles. The highest BCUT2D eigenvalue weighted by Crippen LogP contribution is 2.45. The van der Waals surface area contributed by atoms with Crippen molar-refractivity contribution in [2.24, 2.45) is 0 Å². The van der Waals surface area contributed by atoms with Gasteiger partial charge in [-0.3, -0.25) is 0 Å². The van der Waals surface area contributed by atoms with E-state index in [1.165, 1.54) is 11.1 Å². The summed E-state index contributed by atoms with van der Waals surface area (Å²) in [6.45, 7) is 2.66. The van der Waals surface area contributed by atoms with E-state index in [0.29, 0.717) is 0 Å². The Morgan fingerprint density at radius 3 is 2.71 bits per heavy atom. The minimum Gasteiger partial charge on any atom is -0.394 e. The number of aliphatic hydroxyl groups excluding tert-OH is 2. The van der Waals surface area contributed by atoms with Gasteiger partial charge in [0.15, 0.2) is 0 Å². The van der Waals surface area contributed by atoms with Crippen molar-refractivity contribution in [1.82, 2.24) is 0 Å². The highest BCUT2D eigenvalue weighted by molar-refractivity contribution is 5.60. The lowest BCUT2D eigenvalue weighted by Gasteiger charge is -2.50. The Morgan fingerprint density at radius 1 is 1.17 bits per heavy atom. The molecule has 0 spiro atoms. The van der Waals surface area contributed by atoms with Gasteiger partial charge in [-0.1, -0.05) is 48.0 Å². The Labute approximate surface area is 142 Å². The minimum atomic E-state index is -0.690. The lowest BCUT2D eigenvalue weighted by molar-refractivity contribution is -0.148. The summed E-state index contributed by atoms with van der Waals surface area (Å²) in [6, 6.07) is 16.7. The average Bonchev–Trinajstić information content (AvgIpc) is 2.61. The van der Waals surface area contributed by atoms with Gasteiger partial charge >= 0.3 is 0 Å². The molecule has 0 aromatic heterocycles. The van der Waals surface area contributed by atoms with Crippen LogP contribution in [0.25, 0.3) is 0 Å². The van der Waals surface area contributed by atoms with Crippen molar-refractivity contribution in [3.63, 3.8) is 0 Å². The molecule has 2 bridgehead atoms. The first kappa shape index (κ1) is 15.6. The molecule has 2 aromatic rings. The molecule has 2 heterocycles. The highest BCUT2D eigenvalue weighted by Gasteiger charge is 2.45. The Bertz CT molecular complexity index is 718. The number of ether oxygens (including phenoxy) is 1. The number of aliphatic hydroxyl groups is 2. The molecule has 0 saturated carbocycles. The number of fused-ring (bicyclic) bond motifs is 4. The van der Waals surface area contributed by atoms with Crippen LogP contribution in [0.4, 0.5) is 5.69 Å². The Kier molecular flexibility index (Phi) is 4.04. The normalized spacial score (nSPS) is 28.5. The van der Waals surface area contributed by atoms with E-state index in [-0.39, 0.29) is 18.8 Å². The molecule has 2 aliphatic heterocycles. The highest BCUT2D eigenvalue weighted by atomic mass is 16.5. The summed E-state index contributed by atoms with van der Waals surface area (Å²) in [7, 11) is 0. The Morgan fingerprint density at radius 2 is 1.96 bits per heavy atom. The molecule has 2 N–H and O–H groups in total. The van der Waals surface area contributed by atoms with Crippen molar-refractivity contribution in [1.29, 1.82) is 0 Å². The van der Waals surface area contributed by atoms with E-state index in [0.717, 1.165) is 24.2 Å². The van der Waals surface area contributed by atoms with Gasteiger partial charge in [0.25, 0.3) is 0 Å². The van der Waals surface area contributed by atoms with E-state index < -0.39 is 12.2 Å². The standard InChI is InChI=1S/C20H23NO3/c1-13-7-8-16-15(9-13)18-10-17(20(23)19(12-22)24-18)21(16)11-14-5-3-2-4-6-14/h2-9,17-20,22-23H,10-12H2,1H3/t17-,18-,19-,20+/m1/s1. The zero-order chi connectivity index (χ0) is 16.7. The first-order valence-corrected chi connectivity index (χ1v) is 8.53. The van der Waals surface area contributed by atoms with Crippen LogP contribution in [0.3, 0.4) is 0 Å². The predicted molar refractivity (Wildman–Crippen MR) is 92.9 cm³/mol. The number of rotatable bonds is 3. The van der Waals surface area contributed by atoms with E-state index in [9.17, 15) is 10.2 Å². The fourth-order valence-corrected chi connectivity index (χ4v) is 3.97. The van der Waals surface area contributed by atoms with Gasteiger partial charge in [0.1, 0.15) is 12.2 Å². The van der Waals surface area contributed by atoms with E-state index in [4.69, 9.17) is 4.74 Å². The van der Waals surface area contributed by atoms with Crippen molar-refractivity contribution in [2.45, 2.75) is 44.2 Å². The zero-order valence-corrected chi connectivity index (χ0v) is 13.8. The van der Waals surface area contributed by atoms with Gasteiger partial charge in [0.2, 0.25) is 0 Å². The molecule has 4 heteroatoms. The van der Waals surface area contributed by atoms with Gasteiger partial charge in [-0.2, -0.15) is 0 Å². The third-order valence-corrected chi connectivity index (χ3v) is 5.19. The molecule has 126 valence electrons. The quantitative estimate of drug-likeness (QED) is 0.911. The molecular formula is C20H23NO3. The number of anilines is 1. The number of aryl methyl sites for hydroxylation is 1. The van der Waals surface area contributed by atoms with Crippen LogP contribution in [0.15, 0.2) is 48.5 Å². The number of benzene rings is 2. The number of hydrogen-bond acceptors (Lipinski definition) is 4. The molecule has 0 unspecified atom stereocenters. The van der Waals surface area contributed by atoms with Gasteiger partial charge < -0.3 is 19.8 Å². The van der Waals surface area contributed by atoms with Crippen molar-refractivity contribution in [3.05, 3.63) is 65.2 Å². The molecule has 0 aliphatic carbocycles. The van der Waals surface area contributed by atoms with E-state index >= 15 is 0 Å². The molecule has 4 rings (SSSR count). The smallest absolute Gasteiger partial charge is 0.109 e. The van der Waals surface area contributed by atoms with Crippen LogP contribution in [0.5, 0.6) is 0 Å². The van der Waals surface area contributed by atoms with Crippen molar-refractivity contribution >= 4 is 5.69 Å². The maximum Gasteiger partial charge on any atom is 0.109 e. The number of hydrogen-bond donors (Lipinski definition) is 2. The van der Waals surface area contributed by atoms with E-state index in [1.807, 2.05) is 18.2 Å². The molecule has 0 radical (unpaired) electrons. The van der Waals surface area contributed by atoms with Gasteiger partial charge in [-0.15, -0.1) is 0 Å². The SMILES string of the molecule is Cc1ccc2c(c1)[C@H]1C[C@H]([C@H](O)[C@@H](CO)O1)N2Cc1ccccc1. The first-order chi connectivity index (χ1) is 11.7. The van der Waals surface area contributed by atoms with Gasteiger partial charge in [0, 0.05) is 24.2 Å². The maximum atomic E-state index is 10.7. The van der Waals surface area contributed by atoms with Crippen molar-refractivity contribution in [2.75, 3.05) is 11.5 Å². The predicted octanol–water partition coefficient (Wildman–Crippen LogP) is 2.57. The van der Waals surface area contributed by atoms with Crippen LogP contribution < -0.4 is 4.90 Å². The van der Waals surface area contributed by atoms with Crippen LogP contribution in [-0.4, -0.2) is 35.1 Å². The largest absolute Gasteiger partial charge is 0.394 e. The second kappa shape index (κ2) is 6.20. The van der Waals surface area contributed by atoms with Crippen LogP contribution in [-0.2, 0) is 11.3 Å². The summed E-state index contributed by atoms with van der Waals surface area (Å²) < 4.78 is 5.97. The second-order valence-corrected chi connectivity index (χ2v) is 6.82. The van der Waals surface area contributed by atoms with Crippen molar-refractivity contribution in [3.8, 4) is 0 Å². The summed E-state index contributed by atoms with van der Waals surface area (Å²) in [4.78, 5) is 2.27. The van der Waals surface area contributed by atoms with Crippen LogP contribution in [0.2, 0.25) is 0 Å². The summed E-state index contributed by atoms with van der Waals surface area (Å²) in [5, 5.41) is 20.3. The Hall–Kier alpha value is -1.88. The summed E-state index contributed by atoms with van der Waals surface area (Å²) >= 11 is 0. The molecule has 2 aliphatic rings. The minimum absolute atomic E-state index is 0.0451. The monoisotopic (exact) mass is 325 g/mol. The summed E-state index contributed by atoms with van der Waals surface area (Å²) in [5.74, 6) is 0. The Balaban J connectivity index is 1.77. The lowest BCUT2D eigenvalue weighted by Crippen LogP contribution is -2.57. The van der Waals surface area contributed by atoms with Gasteiger partial charge in [-0.05, 0) is 18.6 Å². The molecular weight excluding hydrogens is 302 g/mol. The topological polar surface area (TPSA) is 52.9 Å². The fourth-order valence-electron chi connectivity index (χ4n) is 3.97. The average molecular weight is 325 g/mol. The van der Waals surface area contributed by atoms with E-state index in [2.05, 4.69) is 42.2 Å². The second-order valence-electron chi connectivity index (χ2n) is 6.82. The molecule has 4 nitrogen and oxygen atoms in total.